The topological polar surface area (TPSA) is 112 Å². The van der Waals surface area contributed by atoms with Gasteiger partial charge in [-0.15, -0.1) is 0 Å². The van der Waals surface area contributed by atoms with Crippen molar-refractivity contribution in [2.24, 2.45) is 0 Å². The number of hydrogen-bond acceptors (Lipinski definition) is 6. The average Bonchev–Trinajstić information content (AvgIpc) is 3.12. The number of likely N-dealkylation sites (N-methyl/N-ethyl adjacent to an activating group) is 1. The highest BCUT2D eigenvalue weighted by atomic mass is 32.2. The molecular weight excluding hydrogens is 507 g/mol. The molecule has 1 aliphatic rings. The minimum absolute atomic E-state index is 0.0699. The van der Waals surface area contributed by atoms with Crippen LogP contribution in [-0.4, -0.2) is 81.2 Å². The summed E-state index contributed by atoms with van der Waals surface area (Å²) in [7, 11) is -3.26. The Bertz CT molecular complexity index is 1210. The standard InChI is InChI=1S/C21H26F3N5O4S2/c1-14-13-34(15-4-5-17(35(3,32)33)16(12-15)21(22,23)24)20(26-14)27-19(31)25-7-6-18(30)29-10-8-28(2)9-11-29/h4-5,12-13H,6-11H2,1-3H3,(H-,25,26,27,31)/p+1. The first-order chi connectivity index (χ1) is 16.3. The van der Waals surface area contributed by atoms with Gasteiger partial charge in [-0.1, -0.05) is 0 Å². The van der Waals surface area contributed by atoms with E-state index in [1.54, 1.807) is 17.2 Å². The van der Waals surface area contributed by atoms with E-state index >= 15 is 0 Å². The maximum Gasteiger partial charge on any atom is 0.417 e. The third-order valence-corrected chi connectivity index (χ3v) is 8.49. The number of rotatable bonds is 6. The maximum atomic E-state index is 13.6. The van der Waals surface area contributed by atoms with E-state index < -0.39 is 43.0 Å². The smallest absolute Gasteiger partial charge is 0.340 e. The third kappa shape index (κ3) is 6.92. The van der Waals surface area contributed by atoms with Crippen molar-refractivity contribution in [2.75, 3.05) is 51.3 Å². The van der Waals surface area contributed by atoms with E-state index in [0.717, 1.165) is 25.2 Å². The highest BCUT2D eigenvalue weighted by molar-refractivity contribution is 7.90. The Morgan fingerprint density at radius 1 is 1.17 bits per heavy atom. The molecule has 3 rings (SSSR count). The lowest BCUT2D eigenvalue weighted by Gasteiger charge is -2.32. The van der Waals surface area contributed by atoms with Crippen molar-refractivity contribution in [3.63, 3.8) is 0 Å². The largest absolute Gasteiger partial charge is 0.417 e. The van der Waals surface area contributed by atoms with E-state index in [-0.39, 0.29) is 28.9 Å². The summed E-state index contributed by atoms with van der Waals surface area (Å²) in [6.07, 6.45) is -4.05. The number of nitrogens with zero attached hydrogens (tertiary/aromatic N) is 3. The van der Waals surface area contributed by atoms with Crippen LogP contribution in [0.4, 0.5) is 23.1 Å². The molecule has 192 valence electrons. The van der Waals surface area contributed by atoms with Gasteiger partial charge in [0.15, 0.2) is 20.1 Å². The molecule has 0 radical (unpaired) electrons. The average molecular weight is 535 g/mol. The van der Waals surface area contributed by atoms with Crippen LogP contribution in [0.1, 0.15) is 17.7 Å². The normalized spacial score (nSPS) is 15.7. The number of aromatic nitrogens is 1. The van der Waals surface area contributed by atoms with Gasteiger partial charge in [-0.2, -0.15) is 18.2 Å². The van der Waals surface area contributed by atoms with Gasteiger partial charge in [0, 0.05) is 51.5 Å². The first kappa shape index (κ1) is 26.9. The lowest BCUT2D eigenvalue weighted by atomic mass is 10.2. The second-order valence-electron chi connectivity index (χ2n) is 8.26. The van der Waals surface area contributed by atoms with Crippen LogP contribution in [0.25, 0.3) is 4.90 Å². The van der Waals surface area contributed by atoms with E-state index in [1.807, 2.05) is 7.05 Å². The fraction of sp³-hybridized carbons (Fsp3) is 0.476. The molecule has 1 aromatic carbocycles. The summed E-state index contributed by atoms with van der Waals surface area (Å²) in [5.74, 6) is -0.0699. The number of thiazole rings is 1. The quantitative estimate of drug-likeness (QED) is 0.552. The number of nitrogens with one attached hydrogen (secondary N) is 2. The minimum atomic E-state index is -4.88. The number of urea groups is 1. The number of carbonyl (C=O) groups excluding carboxylic acids is 2. The van der Waals surface area contributed by atoms with Gasteiger partial charge in [0.2, 0.25) is 5.91 Å². The molecule has 1 aliphatic heterocycles. The van der Waals surface area contributed by atoms with Gasteiger partial charge in [-0.05, 0) is 26.1 Å². The second-order valence-corrected chi connectivity index (χ2v) is 12.0. The maximum absolute atomic E-state index is 13.6. The molecule has 0 spiro atoms. The Kier molecular flexibility index (Phi) is 8.07. The Morgan fingerprint density at radius 3 is 2.43 bits per heavy atom. The lowest BCUT2D eigenvalue weighted by Crippen LogP contribution is -2.47. The number of benzene rings is 1. The number of sulfone groups is 1. The van der Waals surface area contributed by atoms with E-state index in [0.29, 0.717) is 25.0 Å². The number of piperazine rings is 1. The number of hydrogen-bond donors (Lipinski definition) is 2. The van der Waals surface area contributed by atoms with Gasteiger partial charge in [0.1, 0.15) is 0 Å². The zero-order chi connectivity index (χ0) is 26.0. The van der Waals surface area contributed by atoms with Gasteiger partial charge in [-0.25, -0.2) is 18.5 Å². The van der Waals surface area contributed by atoms with Gasteiger partial charge < -0.3 is 15.1 Å². The molecule has 1 saturated heterocycles. The van der Waals surface area contributed by atoms with E-state index in [9.17, 15) is 31.2 Å². The highest BCUT2D eigenvalue weighted by Crippen LogP contribution is 2.43. The van der Waals surface area contributed by atoms with E-state index in [4.69, 9.17) is 0 Å². The predicted molar refractivity (Wildman–Crippen MR) is 127 cm³/mol. The van der Waals surface area contributed by atoms with Crippen LogP contribution in [0.3, 0.4) is 0 Å². The number of halogens is 3. The van der Waals surface area contributed by atoms with Crippen molar-refractivity contribution >= 4 is 37.4 Å². The Morgan fingerprint density at radius 2 is 1.83 bits per heavy atom. The Labute approximate surface area is 204 Å². The molecular formula is C21H27F3N5O4S2+. The summed E-state index contributed by atoms with van der Waals surface area (Å²) < 4.78 is 64.4. The van der Waals surface area contributed by atoms with Gasteiger partial charge in [0.05, 0.1) is 26.6 Å². The zero-order valence-electron chi connectivity index (χ0n) is 19.5. The van der Waals surface area contributed by atoms with E-state index in [1.165, 1.54) is 6.07 Å². The molecule has 1 fully saturated rings. The number of anilines is 1. The Hall–Kier alpha value is -2.71. The number of carbonyl (C=O) groups is 2. The molecule has 1 unspecified atom stereocenters. The van der Waals surface area contributed by atoms with Crippen LogP contribution < -0.4 is 10.6 Å². The molecule has 2 N–H and O–H groups in total. The van der Waals surface area contributed by atoms with Crippen LogP contribution in [-0.2, 0) is 20.8 Å². The van der Waals surface area contributed by atoms with E-state index in [2.05, 4.69) is 20.5 Å². The molecule has 2 aromatic rings. The molecule has 2 heterocycles. The van der Waals surface area contributed by atoms with Crippen molar-refractivity contribution in [2.45, 2.75) is 24.4 Å². The summed E-state index contributed by atoms with van der Waals surface area (Å²) >= 11 is 0. The summed E-state index contributed by atoms with van der Waals surface area (Å²) in [6.45, 7) is 4.56. The van der Waals surface area contributed by atoms with Crippen LogP contribution in [0.15, 0.2) is 28.5 Å². The summed E-state index contributed by atoms with van der Waals surface area (Å²) in [5.41, 5.74) is -0.774. The van der Waals surface area contributed by atoms with Crippen LogP contribution >= 0.6 is 10.5 Å². The molecule has 0 saturated carbocycles. The van der Waals surface area contributed by atoms with Crippen molar-refractivity contribution in [3.05, 3.63) is 34.8 Å². The van der Waals surface area contributed by atoms with Crippen LogP contribution in [0, 0.1) is 6.92 Å². The summed E-state index contributed by atoms with van der Waals surface area (Å²) in [4.78, 5) is 32.1. The van der Waals surface area contributed by atoms with Crippen molar-refractivity contribution < 1.29 is 31.2 Å². The Balaban J connectivity index is 1.70. The van der Waals surface area contributed by atoms with Gasteiger partial charge >= 0.3 is 17.3 Å². The minimum Gasteiger partial charge on any atom is -0.340 e. The molecule has 35 heavy (non-hydrogen) atoms. The van der Waals surface area contributed by atoms with Crippen LogP contribution in [0.2, 0.25) is 0 Å². The number of amides is 3. The summed E-state index contributed by atoms with van der Waals surface area (Å²) in [5, 5.41) is 6.85. The predicted octanol–water partition coefficient (Wildman–Crippen LogP) is 2.84. The molecule has 0 bridgehead atoms. The first-order valence-electron chi connectivity index (χ1n) is 10.7. The van der Waals surface area contributed by atoms with Crippen molar-refractivity contribution in [1.29, 1.82) is 0 Å². The second kappa shape index (κ2) is 10.5. The summed E-state index contributed by atoms with van der Waals surface area (Å²) in [6, 6.07) is 2.34. The van der Waals surface area contributed by atoms with Gasteiger partial charge in [-0.3, -0.25) is 4.79 Å². The molecule has 1 atom stereocenters. The van der Waals surface area contributed by atoms with Crippen molar-refractivity contribution in [1.82, 2.24) is 20.1 Å². The molecule has 1 aromatic heterocycles. The molecule has 9 nitrogen and oxygen atoms in total. The third-order valence-electron chi connectivity index (χ3n) is 5.39. The molecule has 0 aliphatic carbocycles. The SMILES string of the molecule is Cc1c[s+](-c2ccc(S(C)(=O)=O)c(C(F)(F)F)c2)c(NC(=O)NCCC(=O)N2CCN(C)CC2)n1. The first-order valence-corrected chi connectivity index (χ1v) is 13.9. The van der Waals surface area contributed by atoms with Crippen LogP contribution in [0.5, 0.6) is 0 Å². The van der Waals surface area contributed by atoms with Crippen molar-refractivity contribution in [3.8, 4) is 4.90 Å². The van der Waals surface area contributed by atoms with Gasteiger partial charge in [0.25, 0.3) is 0 Å². The lowest BCUT2D eigenvalue weighted by molar-refractivity contribution is -0.139. The molecule has 3 amide bonds. The highest BCUT2D eigenvalue weighted by Gasteiger charge is 2.38. The fourth-order valence-corrected chi connectivity index (χ4v) is 6.21. The molecule has 14 heteroatoms. The number of aryl methyl sites for hydroxylation is 1. The fourth-order valence-electron chi connectivity index (χ4n) is 3.55. The monoisotopic (exact) mass is 534 g/mol. The number of alkyl halides is 3. The zero-order valence-corrected chi connectivity index (χ0v) is 21.1.